The second-order valence-corrected chi connectivity index (χ2v) is 3.58. The van der Waals surface area contributed by atoms with E-state index in [0.717, 1.165) is 17.3 Å². The van der Waals surface area contributed by atoms with Gasteiger partial charge in [0.1, 0.15) is 0 Å². The highest BCUT2D eigenvalue weighted by Crippen LogP contribution is 2.38. The Bertz CT molecular complexity index is 238. The van der Waals surface area contributed by atoms with E-state index < -0.39 is 0 Å². The van der Waals surface area contributed by atoms with E-state index in [9.17, 15) is 0 Å². The van der Waals surface area contributed by atoms with Crippen LogP contribution in [-0.4, -0.2) is 5.71 Å². The first kappa shape index (κ1) is 9.24. The Morgan fingerprint density at radius 1 is 1.33 bits per heavy atom. The van der Waals surface area contributed by atoms with Crippen molar-refractivity contribution in [2.75, 3.05) is 0 Å². The summed E-state index contributed by atoms with van der Waals surface area (Å²) in [6.45, 7) is 9.95. The van der Waals surface area contributed by atoms with Crippen molar-refractivity contribution in [1.82, 2.24) is 0 Å². The van der Waals surface area contributed by atoms with Gasteiger partial charge in [0.05, 0.1) is 0 Å². The van der Waals surface area contributed by atoms with E-state index in [0.29, 0.717) is 0 Å². The number of hydrogen-bond donors (Lipinski definition) is 0. The van der Waals surface area contributed by atoms with Gasteiger partial charge in [-0.05, 0) is 45.1 Å². The summed E-state index contributed by atoms with van der Waals surface area (Å²) in [4.78, 5) is 4.43. The zero-order chi connectivity index (χ0) is 9.14. The molecule has 0 heterocycles. The minimum Gasteiger partial charge on any atom is -0.263 e. The molecule has 0 spiro atoms. The van der Waals surface area contributed by atoms with Gasteiger partial charge in [0.25, 0.3) is 0 Å². The van der Waals surface area contributed by atoms with E-state index in [-0.39, 0.29) is 0 Å². The van der Waals surface area contributed by atoms with Crippen molar-refractivity contribution in [1.29, 1.82) is 0 Å². The summed E-state index contributed by atoms with van der Waals surface area (Å²) >= 11 is 0. The smallest absolute Gasteiger partial charge is 0.0406 e. The van der Waals surface area contributed by atoms with Gasteiger partial charge in [-0.1, -0.05) is 12.7 Å². The third-order valence-electron chi connectivity index (χ3n) is 2.05. The molecule has 0 atom stereocenters. The summed E-state index contributed by atoms with van der Waals surface area (Å²) in [5.41, 5.74) is 3.61. The lowest BCUT2D eigenvalue weighted by Gasteiger charge is -2.02. The lowest BCUT2D eigenvalue weighted by atomic mass is 10.1. The van der Waals surface area contributed by atoms with Gasteiger partial charge in [-0.15, -0.1) is 0 Å². The lowest BCUT2D eigenvalue weighted by molar-refractivity contribution is 1.01. The molecule has 1 nitrogen and oxygen atoms in total. The standard InChI is InChI=1S/C11H17N/c1-5-11(10-6-7-10)9(4)12-8(2)3/h5,10H,1,6-7H2,2-4H3/b11-9+. The van der Waals surface area contributed by atoms with Gasteiger partial charge >= 0.3 is 0 Å². The van der Waals surface area contributed by atoms with Crippen molar-refractivity contribution in [3.05, 3.63) is 23.9 Å². The van der Waals surface area contributed by atoms with E-state index in [4.69, 9.17) is 0 Å². The molecule has 12 heavy (non-hydrogen) atoms. The minimum absolute atomic E-state index is 0.755. The van der Waals surface area contributed by atoms with Crippen LogP contribution in [0.25, 0.3) is 0 Å². The SMILES string of the molecule is C=C/C(=C(/C)N=C(C)C)C1CC1. The predicted molar refractivity (Wildman–Crippen MR) is 54.4 cm³/mol. The van der Waals surface area contributed by atoms with Crippen LogP contribution in [0.15, 0.2) is 28.9 Å². The van der Waals surface area contributed by atoms with Gasteiger partial charge in [-0.2, -0.15) is 0 Å². The lowest BCUT2D eigenvalue weighted by Crippen LogP contribution is -1.88. The van der Waals surface area contributed by atoms with Crippen molar-refractivity contribution in [2.45, 2.75) is 33.6 Å². The molecular formula is C11H17N. The van der Waals surface area contributed by atoms with Crippen LogP contribution < -0.4 is 0 Å². The molecule has 0 radical (unpaired) electrons. The van der Waals surface area contributed by atoms with Gasteiger partial charge < -0.3 is 0 Å². The van der Waals surface area contributed by atoms with Crippen LogP contribution in [-0.2, 0) is 0 Å². The van der Waals surface area contributed by atoms with Crippen LogP contribution in [0.5, 0.6) is 0 Å². The molecule has 1 aliphatic rings. The fraction of sp³-hybridized carbons (Fsp3) is 0.545. The highest BCUT2D eigenvalue weighted by Gasteiger charge is 2.25. The molecular weight excluding hydrogens is 146 g/mol. The van der Waals surface area contributed by atoms with E-state index >= 15 is 0 Å². The molecule has 66 valence electrons. The summed E-state index contributed by atoms with van der Waals surface area (Å²) < 4.78 is 0. The van der Waals surface area contributed by atoms with Crippen molar-refractivity contribution >= 4 is 5.71 Å². The van der Waals surface area contributed by atoms with Crippen LogP contribution >= 0.6 is 0 Å². The molecule has 1 fully saturated rings. The molecule has 1 heteroatoms. The zero-order valence-corrected chi connectivity index (χ0v) is 8.22. The minimum atomic E-state index is 0.755. The molecule has 0 bridgehead atoms. The number of hydrogen-bond acceptors (Lipinski definition) is 1. The van der Waals surface area contributed by atoms with Gasteiger partial charge in [0.2, 0.25) is 0 Å². The Labute approximate surface area is 74.9 Å². The molecule has 1 saturated carbocycles. The highest BCUT2D eigenvalue weighted by molar-refractivity contribution is 5.80. The maximum atomic E-state index is 4.43. The average molecular weight is 163 g/mol. The van der Waals surface area contributed by atoms with Crippen LogP contribution in [0.1, 0.15) is 33.6 Å². The molecule has 0 aromatic rings. The monoisotopic (exact) mass is 163 g/mol. The molecule has 0 saturated heterocycles. The molecule has 0 aliphatic heterocycles. The number of rotatable bonds is 3. The average Bonchev–Trinajstić information content (AvgIpc) is 2.70. The maximum Gasteiger partial charge on any atom is 0.0406 e. The maximum absolute atomic E-state index is 4.43. The zero-order valence-electron chi connectivity index (χ0n) is 8.22. The predicted octanol–water partition coefficient (Wildman–Crippen LogP) is 3.34. The number of allylic oxidation sites excluding steroid dienone is 3. The topological polar surface area (TPSA) is 12.4 Å². The molecule has 0 unspecified atom stereocenters. The molecule has 0 aromatic heterocycles. The second kappa shape index (κ2) is 3.70. The van der Waals surface area contributed by atoms with Crippen LogP contribution in [0, 0.1) is 5.92 Å². The summed E-state index contributed by atoms with van der Waals surface area (Å²) in [6, 6.07) is 0. The van der Waals surface area contributed by atoms with E-state index in [1.54, 1.807) is 0 Å². The van der Waals surface area contributed by atoms with Crippen molar-refractivity contribution in [3.63, 3.8) is 0 Å². The normalized spacial score (nSPS) is 18.2. The van der Waals surface area contributed by atoms with Gasteiger partial charge in [0, 0.05) is 11.4 Å². The molecule has 0 amide bonds. The van der Waals surface area contributed by atoms with E-state index in [2.05, 4.69) is 18.5 Å². The van der Waals surface area contributed by atoms with Crippen molar-refractivity contribution in [2.24, 2.45) is 10.9 Å². The number of aliphatic imine (C=N–C) groups is 1. The third-order valence-corrected chi connectivity index (χ3v) is 2.05. The molecule has 1 rings (SSSR count). The third kappa shape index (κ3) is 2.33. The first-order valence-electron chi connectivity index (χ1n) is 4.50. The summed E-state index contributed by atoms with van der Waals surface area (Å²) in [5, 5.41) is 0. The largest absolute Gasteiger partial charge is 0.263 e. The number of nitrogens with zero attached hydrogens (tertiary/aromatic N) is 1. The summed E-state index contributed by atoms with van der Waals surface area (Å²) in [6.07, 6.45) is 4.59. The van der Waals surface area contributed by atoms with Crippen LogP contribution in [0.4, 0.5) is 0 Å². The van der Waals surface area contributed by atoms with Crippen molar-refractivity contribution in [3.8, 4) is 0 Å². The van der Waals surface area contributed by atoms with Crippen LogP contribution in [0.3, 0.4) is 0 Å². The summed E-state index contributed by atoms with van der Waals surface area (Å²) in [5.74, 6) is 0.755. The second-order valence-electron chi connectivity index (χ2n) is 3.58. The van der Waals surface area contributed by atoms with Gasteiger partial charge in [-0.25, -0.2) is 0 Å². The summed E-state index contributed by atoms with van der Waals surface area (Å²) in [7, 11) is 0. The Morgan fingerprint density at radius 3 is 2.25 bits per heavy atom. The molecule has 0 N–H and O–H groups in total. The van der Waals surface area contributed by atoms with Gasteiger partial charge in [0.15, 0.2) is 0 Å². The van der Waals surface area contributed by atoms with E-state index in [1.807, 2.05) is 19.9 Å². The highest BCUT2D eigenvalue weighted by atomic mass is 14.7. The van der Waals surface area contributed by atoms with Crippen LogP contribution in [0.2, 0.25) is 0 Å². The van der Waals surface area contributed by atoms with Gasteiger partial charge in [-0.3, -0.25) is 4.99 Å². The Hall–Kier alpha value is -0.850. The molecule has 0 aromatic carbocycles. The fourth-order valence-electron chi connectivity index (χ4n) is 1.40. The first-order valence-corrected chi connectivity index (χ1v) is 4.50. The Balaban J connectivity index is 2.83. The quantitative estimate of drug-likeness (QED) is 0.447. The Morgan fingerprint density at radius 2 is 1.92 bits per heavy atom. The fourth-order valence-corrected chi connectivity index (χ4v) is 1.40. The Kier molecular flexibility index (Phi) is 2.85. The molecule has 1 aliphatic carbocycles. The van der Waals surface area contributed by atoms with E-state index in [1.165, 1.54) is 18.4 Å². The first-order chi connectivity index (χ1) is 5.65. The van der Waals surface area contributed by atoms with Crippen molar-refractivity contribution < 1.29 is 0 Å².